The van der Waals surface area contributed by atoms with Crippen LogP contribution in [0.25, 0.3) is 0 Å². The van der Waals surface area contributed by atoms with Gasteiger partial charge in [0.25, 0.3) is 0 Å². The third kappa shape index (κ3) is 3.05. The van der Waals surface area contributed by atoms with Gasteiger partial charge in [0.15, 0.2) is 11.6 Å². The van der Waals surface area contributed by atoms with E-state index in [2.05, 4.69) is 6.07 Å². The number of hydrogen-bond donors (Lipinski definition) is 1. The van der Waals surface area contributed by atoms with E-state index in [-0.39, 0.29) is 10.7 Å². The standard InChI is InChI=1S/C17H16FNOS/c18-15-10-13(17(19)21)6-8-16(15)20-14-7-5-11-3-1-2-4-12(11)9-14/h5-10H,1-4H2,(H2,19,21). The number of ether oxygens (including phenoxy) is 1. The normalized spacial score (nSPS) is 13.6. The molecule has 2 aromatic rings. The van der Waals surface area contributed by atoms with Gasteiger partial charge in [-0.1, -0.05) is 18.3 Å². The van der Waals surface area contributed by atoms with Crippen LogP contribution in [0.1, 0.15) is 29.5 Å². The van der Waals surface area contributed by atoms with E-state index < -0.39 is 5.82 Å². The minimum absolute atomic E-state index is 0.175. The van der Waals surface area contributed by atoms with Crippen molar-refractivity contribution >= 4 is 17.2 Å². The Kier molecular flexibility index (Phi) is 3.88. The second kappa shape index (κ2) is 5.82. The molecule has 0 saturated heterocycles. The zero-order chi connectivity index (χ0) is 14.8. The van der Waals surface area contributed by atoms with Crippen molar-refractivity contribution in [3.63, 3.8) is 0 Å². The Morgan fingerprint density at radius 2 is 1.81 bits per heavy atom. The molecule has 0 atom stereocenters. The first-order chi connectivity index (χ1) is 10.1. The number of fused-ring (bicyclic) bond motifs is 1. The quantitative estimate of drug-likeness (QED) is 0.866. The van der Waals surface area contributed by atoms with Gasteiger partial charge in [0.2, 0.25) is 0 Å². The SMILES string of the molecule is NC(=S)c1ccc(Oc2ccc3c(c2)CCCC3)c(F)c1. The lowest BCUT2D eigenvalue weighted by Crippen LogP contribution is -2.09. The maximum atomic E-state index is 14.0. The monoisotopic (exact) mass is 301 g/mol. The second-order valence-corrected chi connectivity index (χ2v) is 5.69. The number of hydrogen-bond acceptors (Lipinski definition) is 2. The van der Waals surface area contributed by atoms with Crippen LogP contribution in [-0.4, -0.2) is 4.99 Å². The first-order valence-corrected chi connectivity index (χ1v) is 7.43. The Morgan fingerprint density at radius 1 is 1.05 bits per heavy atom. The van der Waals surface area contributed by atoms with Crippen LogP contribution in [0, 0.1) is 5.82 Å². The topological polar surface area (TPSA) is 35.2 Å². The number of thiocarbonyl (C=S) groups is 1. The number of benzene rings is 2. The van der Waals surface area contributed by atoms with E-state index in [1.165, 1.54) is 30.0 Å². The lowest BCUT2D eigenvalue weighted by molar-refractivity contribution is 0.441. The molecule has 0 amide bonds. The van der Waals surface area contributed by atoms with E-state index in [4.69, 9.17) is 22.7 Å². The Labute approximate surface area is 128 Å². The molecule has 0 bridgehead atoms. The predicted octanol–water partition coefficient (Wildman–Crippen LogP) is 4.13. The number of halogens is 1. The van der Waals surface area contributed by atoms with E-state index in [0.29, 0.717) is 11.3 Å². The van der Waals surface area contributed by atoms with Gasteiger partial charge in [0.1, 0.15) is 10.7 Å². The lowest BCUT2D eigenvalue weighted by atomic mass is 9.92. The summed E-state index contributed by atoms with van der Waals surface area (Å²) in [6.07, 6.45) is 4.62. The van der Waals surface area contributed by atoms with Gasteiger partial charge in [-0.25, -0.2) is 4.39 Å². The highest BCUT2D eigenvalue weighted by molar-refractivity contribution is 7.80. The van der Waals surface area contributed by atoms with Gasteiger partial charge in [-0.15, -0.1) is 0 Å². The minimum Gasteiger partial charge on any atom is -0.454 e. The van der Waals surface area contributed by atoms with Gasteiger partial charge in [0.05, 0.1) is 0 Å². The van der Waals surface area contributed by atoms with Crippen molar-refractivity contribution in [1.29, 1.82) is 0 Å². The molecule has 3 rings (SSSR count). The Morgan fingerprint density at radius 3 is 2.52 bits per heavy atom. The smallest absolute Gasteiger partial charge is 0.166 e. The second-order valence-electron chi connectivity index (χ2n) is 5.25. The molecule has 0 aliphatic heterocycles. The zero-order valence-corrected chi connectivity index (χ0v) is 12.4. The van der Waals surface area contributed by atoms with Crippen LogP contribution in [0.5, 0.6) is 11.5 Å². The van der Waals surface area contributed by atoms with E-state index in [1.807, 2.05) is 12.1 Å². The minimum atomic E-state index is -0.460. The van der Waals surface area contributed by atoms with Crippen molar-refractivity contribution in [3.8, 4) is 11.5 Å². The summed E-state index contributed by atoms with van der Waals surface area (Å²) in [7, 11) is 0. The van der Waals surface area contributed by atoms with Crippen molar-refractivity contribution < 1.29 is 9.13 Å². The van der Waals surface area contributed by atoms with Crippen molar-refractivity contribution in [2.24, 2.45) is 5.73 Å². The first kappa shape index (κ1) is 14.0. The van der Waals surface area contributed by atoms with Crippen molar-refractivity contribution in [1.82, 2.24) is 0 Å². The fourth-order valence-electron chi connectivity index (χ4n) is 2.64. The van der Waals surface area contributed by atoms with E-state index >= 15 is 0 Å². The summed E-state index contributed by atoms with van der Waals surface area (Å²) in [4.78, 5) is 0.175. The van der Waals surface area contributed by atoms with Crippen LogP contribution in [0.4, 0.5) is 4.39 Å². The highest BCUT2D eigenvalue weighted by atomic mass is 32.1. The molecule has 2 aromatic carbocycles. The number of aryl methyl sites for hydroxylation is 2. The van der Waals surface area contributed by atoms with Crippen molar-refractivity contribution in [2.45, 2.75) is 25.7 Å². The van der Waals surface area contributed by atoms with Crippen LogP contribution >= 0.6 is 12.2 Å². The molecule has 108 valence electrons. The van der Waals surface area contributed by atoms with Gasteiger partial charge in [-0.2, -0.15) is 0 Å². The molecule has 1 aliphatic carbocycles. The fourth-order valence-corrected chi connectivity index (χ4v) is 2.76. The van der Waals surface area contributed by atoms with Crippen LogP contribution in [0.2, 0.25) is 0 Å². The van der Waals surface area contributed by atoms with Crippen LogP contribution < -0.4 is 10.5 Å². The van der Waals surface area contributed by atoms with Crippen LogP contribution in [0.3, 0.4) is 0 Å². The lowest BCUT2D eigenvalue weighted by Gasteiger charge is -2.17. The molecule has 0 fully saturated rings. The maximum Gasteiger partial charge on any atom is 0.166 e. The molecular formula is C17H16FNOS. The highest BCUT2D eigenvalue weighted by Crippen LogP contribution is 2.29. The summed E-state index contributed by atoms with van der Waals surface area (Å²) in [6.45, 7) is 0. The summed E-state index contributed by atoms with van der Waals surface area (Å²) < 4.78 is 19.6. The molecule has 2 N–H and O–H groups in total. The average molecular weight is 301 g/mol. The Hall–Kier alpha value is -1.94. The predicted molar refractivity (Wildman–Crippen MR) is 85.4 cm³/mol. The Balaban J connectivity index is 1.85. The highest BCUT2D eigenvalue weighted by Gasteiger charge is 2.12. The van der Waals surface area contributed by atoms with Crippen LogP contribution in [0.15, 0.2) is 36.4 Å². The van der Waals surface area contributed by atoms with Gasteiger partial charge < -0.3 is 10.5 Å². The van der Waals surface area contributed by atoms with Crippen molar-refractivity contribution in [3.05, 3.63) is 58.9 Å². The first-order valence-electron chi connectivity index (χ1n) is 7.02. The number of rotatable bonds is 3. The molecule has 21 heavy (non-hydrogen) atoms. The summed E-state index contributed by atoms with van der Waals surface area (Å²) in [5, 5.41) is 0. The molecule has 0 radical (unpaired) electrons. The molecule has 1 aliphatic rings. The molecule has 2 nitrogen and oxygen atoms in total. The molecule has 0 saturated carbocycles. The molecule has 0 unspecified atom stereocenters. The van der Waals surface area contributed by atoms with Gasteiger partial charge >= 0.3 is 0 Å². The molecule has 0 spiro atoms. The molecular weight excluding hydrogens is 285 g/mol. The summed E-state index contributed by atoms with van der Waals surface area (Å²) in [5.41, 5.74) is 8.66. The number of nitrogens with two attached hydrogens (primary N) is 1. The van der Waals surface area contributed by atoms with Gasteiger partial charge in [-0.05, 0) is 67.1 Å². The van der Waals surface area contributed by atoms with Gasteiger partial charge in [0, 0.05) is 5.56 Å². The van der Waals surface area contributed by atoms with E-state index in [1.54, 1.807) is 12.1 Å². The Bertz CT molecular complexity index is 699. The third-order valence-corrected chi connectivity index (χ3v) is 4.00. The largest absolute Gasteiger partial charge is 0.454 e. The van der Waals surface area contributed by atoms with Gasteiger partial charge in [-0.3, -0.25) is 0 Å². The molecule has 4 heteroatoms. The van der Waals surface area contributed by atoms with E-state index in [9.17, 15) is 4.39 Å². The maximum absolute atomic E-state index is 14.0. The third-order valence-electron chi connectivity index (χ3n) is 3.76. The van der Waals surface area contributed by atoms with Crippen LogP contribution in [-0.2, 0) is 12.8 Å². The average Bonchev–Trinajstić information content (AvgIpc) is 2.49. The summed E-state index contributed by atoms with van der Waals surface area (Å²) in [5.74, 6) is 0.390. The van der Waals surface area contributed by atoms with E-state index in [0.717, 1.165) is 12.8 Å². The summed E-state index contributed by atoms with van der Waals surface area (Å²) >= 11 is 4.83. The summed E-state index contributed by atoms with van der Waals surface area (Å²) in [6, 6.07) is 10.5. The molecule has 0 heterocycles. The van der Waals surface area contributed by atoms with Crippen molar-refractivity contribution in [2.75, 3.05) is 0 Å². The fraction of sp³-hybridized carbons (Fsp3) is 0.235. The zero-order valence-electron chi connectivity index (χ0n) is 11.6. The molecule has 0 aromatic heterocycles.